The van der Waals surface area contributed by atoms with Crippen LogP contribution in [0.15, 0.2) is 46.5 Å². The number of allylic oxidation sites excluding steroid dienone is 2. The maximum Gasteiger partial charge on any atom is 0.256 e. The first-order chi connectivity index (χ1) is 11.8. The molecule has 0 saturated carbocycles. The van der Waals surface area contributed by atoms with Crippen LogP contribution in [-0.4, -0.2) is 37.4 Å². The van der Waals surface area contributed by atoms with Crippen molar-refractivity contribution in [2.75, 3.05) is 12.3 Å². The summed E-state index contributed by atoms with van der Waals surface area (Å²) in [6.45, 7) is 2.05. The minimum atomic E-state index is -3.56. The molecule has 0 aliphatic carbocycles. The molecule has 25 heavy (non-hydrogen) atoms. The number of sulfonamides is 1. The number of fused-ring (bicyclic) bond motifs is 1. The Balaban J connectivity index is 1.84. The Bertz CT molecular complexity index is 923. The molecular weight excluding hydrogens is 385 g/mol. The van der Waals surface area contributed by atoms with E-state index in [0.717, 1.165) is 0 Å². The summed E-state index contributed by atoms with van der Waals surface area (Å²) >= 11 is 12.1. The molecule has 132 valence electrons. The van der Waals surface area contributed by atoms with E-state index in [0.29, 0.717) is 15.6 Å². The third kappa shape index (κ3) is 3.89. The SMILES string of the molecule is C[C@H](NC(=O)C1=CC=CN2CCS(=O)(=O)N=C12)c1ccc(Cl)cc1Cl. The lowest BCUT2D eigenvalue weighted by molar-refractivity contribution is -0.117. The molecule has 0 fully saturated rings. The minimum Gasteiger partial charge on any atom is -0.345 e. The van der Waals surface area contributed by atoms with Crippen molar-refractivity contribution in [3.05, 3.63) is 57.7 Å². The van der Waals surface area contributed by atoms with E-state index >= 15 is 0 Å². The molecule has 1 atom stereocenters. The molecule has 2 heterocycles. The lowest BCUT2D eigenvalue weighted by Crippen LogP contribution is -2.42. The molecule has 6 nitrogen and oxygen atoms in total. The number of amides is 1. The van der Waals surface area contributed by atoms with Gasteiger partial charge in [0.25, 0.3) is 15.9 Å². The van der Waals surface area contributed by atoms with Gasteiger partial charge in [0, 0.05) is 22.8 Å². The van der Waals surface area contributed by atoms with Gasteiger partial charge in [-0.15, -0.1) is 4.40 Å². The molecule has 1 aromatic rings. The van der Waals surface area contributed by atoms with E-state index in [4.69, 9.17) is 23.2 Å². The van der Waals surface area contributed by atoms with Gasteiger partial charge in [0.1, 0.15) is 0 Å². The van der Waals surface area contributed by atoms with E-state index in [1.54, 1.807) is 48.4 Å². The third-order valence-corrected chi connectivity index (χ3v) is 5.59. The van der Waals surface area contributed by atoms with Gasteiger partial charge in [0.05, 0.1) is 17.4 Å². The number of nitrogens with one attached hydrogen (secondary N) is 1. The van der Waals surface area contributed by atoms with Crippen LogP contribution in [0.4, 0.5) is 0 Å². The van der Waals surface area contributed by atoms with Crippen LogP contribution in [-0.2, 0) is 14.8 Å². The first kappa shape index (κ1) is 18.0. The number of nitrogens with zero attached hydrogens (tertiary/aromatic N) is 2. The Labute approximate surface area is 155 Å². The summed E-state index contributed by atoms with van der Waals surface area (Å²) in [5.41, 5.74) is 0.907. The van der Waals surface area contributed by atoms with Crippen molar-refractivity contribution >= 4 is 45.0 Å². The highest BCUT2D eigenvalue weighted by Gasteiger charge is 2.30. The number of hydrogen-bond donors (Lipinski definition) is 1. The molecule has 3 rings (SSSR count). The quantitative estimate of drug-likeness (QED) is 0.846. The summed E-state index contributed by atoms with van der Waals surface area (Å²) in [6.07, 6.45) is 4.93. The van der Waals surface area contributed by atoms with Crippen LogP contribution >= 0.6 is 23.2 Å². The molecule has 2 aliphatic rings. The lowest BCUT2D eigenvalue weighted by atomic mass is 10.1. The van der Waals surface area contributed by atoms with Crippen molar-refractivity contribution in [1.29, 1.82) is 0 Å². The molecule has 0 aromatic heterocycles. The molecule has 1 aromatic carbocycles. The Morgan fingerprint density at radius 3 is 2.84 bits per heavy atom. The lowest BCUT2D eigenvalue weighted by Gasteiger charge is -2.29. The average molecular weight is 400 g/mol. The van der Waals surface area contributed by atoms with Gasteiger partial charge < -0.3 is 10.2 Å². The summed E-state index contributed by atoms with van der Waals surface area (Å²) in [6, 6.07) is 4.63. The van der Waals surface area contributed by atoms with Gasteiger partial charge in [-0.25, -0.2) is 8.42 Å². The van der Waals surface area contributed by atoms with Crippen molar-refractivity contribution in [3.63, 3.8) is 0 Å². The van der Waals surface area contributed by atoms with E-state index in [-0.39, 0.29) is 23.7 Å². The Kier molecular flexibility index (Phi) is 4.90. The highest BCUT2D eigenvalue weighted by atomic mass is 35.5. The standard InChI is InChI=1S/C16H15Cl2N3O3S/c1-10(12-5-4-11(17)9-14(12)18)19-16(22)13-3-2-6-21-7-8-25(23,24)20-15(13)21/h2-6,9-10H,7-8H2,1H3,(H,19,22)/t10-/m0/s1. The number of benzene rings is 1. The van der Waals surface area contributed by atoms with Gasteiger partial charge >= 0.3 is 0 Å². The average Bonchev–Trinajstić information content (AvgIpc) is 2.53. The molecule has 9 heteroatoms. The summed E-state index contributed by atoms with van der Waals surface area (Å²) < 4.78 is 27.3. The van der Waals surface area contributed by atoms with Gasteiger partial charge in [-0.2, -0.15) is 0 Å². The van der Waals surface area contributed by atoms with Crippen molar-refractivity contribution in [3.8, 4) is 0 Å². The summed E-state index contributed by atoms with van der Waals surface area (Å²) in [4.78, 5) is 14.3. The van der Waals surface area contributed by atoms with Crippen molar-refractivity contribution < 1.29 is 13.2 Å². The van der Waals surface area contributed by atoms with Crippen LogP contribution in [0.1, 0.15) is 18.5 Å². The molecule has 0 spiro atoms. The molecular formula is C16H15Cl2N3O3S. The predicted molar refractivity (Wildman–Crippen MR) is 98.2 cm³/mol. The second kappa shape index (κ2) is 6.82. The fourth-order valence-corrected chi connectivity index (χ4v) is 4.16. The maximum atomic E-state index is 12.6. The van der Waals surface area contributed by atoms with E-state index in [9.17, 15) is 13.2 Å². The van der Waals surface area contributed by atoms with Crippen LogP contribution in [0.5, 0.6) is 0 Å². The largest absolute Gasteiger partial charge is 0.345 e. The molecule has 0 radical (unpaired) electrons. The van der Waals surface area contributed by atoms with E-state index in [1.807, 2.05) is 0 Å². The molecule has 2 aliphatic heterocycles. The zero-order chi connectivity index (χ0) is 18.2. The van der Waals surface area contributed by atoms with Crippen LogP contribution in [0.3, 0.4) is 0 Å². The zero-order valence-electron chi connectivity index (χ0n) is 13.2. The normalized spacial score (nSPS) is 19.6. The Hall–Kier alpha value is -1.83. The minimum absolute atomic E-state index is 0.0769. The van der Waals surface area contributed by atoms with Gasteiger partial charge in [-0.05, 0) is 36.8 Å². The van der Waals surface area contributed by atoms with Crippen LogP contribution in [0.2, 0.25) is 10.0 Å². The van der Waals surface area contributed by atoms with E-state index in [1.165, 1.54) is 0 Å². The number of carbonyl (C=O) groups is 1. The fourth-order valence-electron chi connectivity index (χ4n) is 2.60. The summed E-state index contributed by atoms with van der Waals surface area (Å²) in [5.74, 6) is -0.364. The first-order valence-corrected chi connectivity index (χ1v) is 9.87. The van der Waals surface area contributed by atoms with Gasteiger partial charge in [0.15, 0.2) is 5.84 Å². The van der Waals surface area contributed by atoms with Gasteiger partial charge in [-0.3, -0.25) is 4.79 Å². The van der Waals surface area contributed by atoms with Crippen molar-refractivity contribution in [1.82, 2.24) is 10.2 Å². The number of halogens is 2. The maximum absolute atomic E-state index is 12.6. The summed E-state index contributed by atoms with van der Waals surface area (Å²) in [7, 11) is -3.56. The summed E-state index contributed by atoms with van der Waals surface area (Å²) in [5, 5.41) is 3.76. The Morgan fingerprint density at radius 2 is 2.12 bits per heavy atom. The first-order valence-electron chi connectivity index (χ1n) is 7.51. The highest BCUT2D eigenvalue weighted by molar-refractivity contribution is 7.90. The topological polar surface area (TPSA) is 78.8 Å². The van der Waals surface area contributed by atoms with Crippen molar-refractivity contribution in [2.45, 2.75) is 13.0 Å². The number of hydrogen-bond acceptors (Lipinski definition) is 4. The van der Waals surface area contributed by atoms with Crippen molar-refractivity contribution in [2.24, 2.45) is 4.40 Å². The molecule has 1 amide bonds. The smallest absolute Gasteiger partial charge is 0.256 e. The predicted octanol–water partition coefficient (Wildman–Crippen LogP) is 2.67. The molecule has 1 N–H and O–H groups in total. The molecule has 0 saturated heterocycles. The molecule has 0 bridgehead atoms. The molecule has 0 unspecified atom stereocenters. The fraction of sp³-hybridized carbons (Fsp3) is 0.250. The second-order valence-corrected chi connectivity index (χ2v) is 8.28. The van der Waals surface area contributed by atoms with Crippen LogP contribution in [0.25, 0.3) is 0 Å². The monoisotopic (exact) mass is 399 g/mol. The third-order valence-electron chi connectivity index (χ3n) is 3.88. The van der Waals surface area contributed by atoms with Crippen LogP contribution in [0, 0.1) is 0 Å². The number of amidine groups is 1. The van der Waals surface area contributed by atoms with Crippen LogP contribution < -0.4 is 5.32 Å². The Morgan fingerprint density at radius 1 is 1.36 bits per heavy atom. The number of carbonyl (C=O) groups excluding carboxylic acids is 1. The second-order valence-electron chi connectivity index (χ2n) is 5.68. The zero-order valence-corrected chi connectivity index (χ0v) is 15.6. The van der Waals surface area contributed by atoms with Gasteiger partial charge in [-0.1, -0.05) is 29.3 Å². The van der Waals surface area contributed by atoms with E-state index < -0.39 is 22.0 Å². The number of rotatable bonds is 3. The highest BCUT2D eigenvalue weighted by Crippen LogP contribution is 2.27. The van der Waals surface area contributed by atoms with E-state index in [2.05, 4.69) is 9.71 Å². The van der Waals surface area contributed by atoms with Gasteiger partial charge in [0.2, 0.25) is 0 Å².